The lowest BCUT2D eigenvalue weighted by molar-refractivity contribution is -0.150. The fourth-order valence-corrected chi connectivity index (χ4v) is 2.64. The zero-order chi connectivity index (χ0) is 20.3. The van der Waals surface area contributed by atoms with Gasteiger partial charge in [0.15, 0.2) is 11.9 Å². The molecule has 1 heterocycles. The summed E-state index contributed by atoms with van der Waals surface area (Å²) in [7, 11) is 0. The maximum absolute atomic E-state index is 12.5. The number of carbonyl (C=O) groups is 2. The normalized spacial score (nSPS) is 15.0. The fraction of sp³-hybridized carbons (Fsp3) is 0.200. The number of Topliss-reactive ketones (excluding diaryl/α,β-unsaturated/α-hetero) is 1. The number of anilines is 1. The second-order valence-corrected chi connectivity index (χ2v) is 5.98. The molecule has 0 aliphatic carbocycles. The lowest BCUT2D eigenvalue weighted by Crippen LogP contribution is -2.26. The topological polar surface area (TPSA) is 108 Å². The third kappa shape index (κ3) is 4.13. The quantitative estimate of drug-likeness (QED) is 0.459. The van der Waals surface area contributed by atoms with Crippen molar-refractivity contribution in [2.75, 3.05) is 11.8 Å². The Labute approximate surface area is 161 Å². The van der Waals surface area contributed by atoms with E-state index in [1.807, 2.05) is 0 Å². The van der Waals surface area contributed by atoms with Gasteiger partial charge < -0.3 is 24.6 Å². The number of nitrogens with zero attached hydrogens (tertiary/aromatic N) is 1. The van der Waals surface area contributed by atoms with Crippen LogP contribution < -0.4 is 14.7 Å². The Balaban J connectivity index is 1.79. The second kappa shape index (κ2) is 8.12. The van der Waals surface area contributed by atoms with E-state index in [0.717, 1.165) is 0 Å². The van der Waals surface area contributed by atoms with Crippen molar-refractivity contribution in [3.8, 4) is 11.5 Å². The average molecular weight is 384 g/mol. The Kier molecular flexibility index (Phi) is 5.62. The molecule has 3 rings (SSSR count). The zero-order valence-corrected chi connectivity index (χ0v) is 15.2. The Morgan fingerprint density at radius 2 is 2.11 bits per heavy atom. The summed E-state index contributed by atoms with van der Waals surface area (Å²) in [5, 5.41) is 19.7. The van der Waals surface area contributed by atoms with Gasteiger partial charge >= 0.3 is 5.97 Å². The third-order valence-electron chi connectivity index (χ3n) is 3.96. The van der Waals surface area contributed by atoms with E-state index in [4.69, 9.17) is 19.4 Å². The van der Waals surface area contributed by atoms with Gasteiger partial charge in [-0.25, -0.2) is 4.79 Å². The van der Waals surface area contributed by atoms with Crippen LogP contribution in [0.2, 0.25) is 0 Å². The number of benzene rings is 2. The number of hydrogen-bond acceptors (Lipinski definition) is 8. The Bertz CT molecular complexity index is 936. The number of ketones is 1. The number of fused-ring (bicyclic) bond motifs is 1. The number of rotatable bonds is 6. The van der Waals surface area contributed by atoms with E-state index in [2.05, 4.69) is 0 Å². The molecule has 0 bridgehead atoms. The lowest BCUT2D eigenvalue weighted by Gasteiger charge is -2.21. The van der Waals surface area contributed by atoms with Crippen LogP contribution in [0.3, 0.4) is 0 Å². The molecule has 1 atom stereocenters. The van der Waals surface area contributed by atoms with E-state index in [1.54, 1.807) is 38.1 Å². The summed E-state index contributed by atoms with van der Waals surface area (Å²) < 4.78 is 16.0. The van der Waals surface area contributed by atoms with Crippen molar-refractivity contribution in [2.24, 2.45) is 0 Å². The highest BCUT2D eigenvalue weighted by Crippen LogP contribution is 2.35. The Hall–Kier alpha value is -3.36. The summed E-state index contributed by atoms with van der Waals surface area (Å²) in [6.45, 7) is 3.53. The zero-order valence-electron chi connectivity index (χ0n) is 15.2. The maximum atomic E-state index is 12.5. The molecule has 146 valence electrons. The average Bonchev–Trinajstić information content (AvgIpc) is 2.97. The van der Waals surface area contributed by atoms with Gasteiger partial charge in [-0.05, 0) is 49.8 Å². The fourth-order valence-electron chi connectivity index (χ4n) is 2.64. The van der Waals surface area contributed by atoms with Gasteiger partial charge in [0.2, 0.25) is 5.78 Å². The third-order valence-corrected chi connectivity index (χ3v) is 3.96. The van der Waals surface area contributed by atoms with Crippen LogP contribution in [0.4, 0.5) is 5.69 Å². The molecule has 1 N–H and O–H groups in total. The molecule has 0 saturated heterocycles. The van der Waals surface area contributed by atoms with Crippen molar-refractivity contribution >= 4 is 23.5 Å². The molecule has 0 radical (unpaired) electrons. The van der Waals surface area contributed by atoms with Crippen LogP contribution in [0, 0.1) is 5.21 Å². The summed E-state index contributed by atoms with van der Waals surface area (Å²) in [6, 6.07) is 10.7. The predicted molar refractivity (Wildman–Crippen MR) is 100 cm³/mol. The molecule has 8 nitrogen and oxygen atoms in total. The van der Waals surface area contributed by atoms with Crippen molar-refractivity contribution in [3.05, 3.63) is 64.6 Å². The van der Waals surface area contributed by atoms with Crippen LogP contribution in [0.15, 0.2) is 48.2 Å². The van der Waals surface area contributed by atoms with Crippen LogP contribution in [0.1, 0.15) is 29.8 Å². The molecule has 0 amide bonds. The predicted octanol–water partition coefficient (Wildman–Crippen LogP) is 3.33. The largest absolute Gasteiger partial charge is 0.733 e. The molecule has 2 aromatic rings. The van der Waals surface area contributed by atoms with Gasteiger partial charge in [0.25, 0.3) is 0 Å². The van der Waals surface area contributed by atoms with Crippen LogP contribution in [-0.4, -0.2) is 29.7 Å². The molecule has 8 heteroatoms. The van der Waals surface area contributed by atoms with E-state index in [9.17, 15) is 14.8 Å². The molecule has 2 aromatic carbocycles. The highest BCUT2D eigenvalue weighted by Gasteiger charge is 2.28. The number of allylic oxidation sites excluding steroid dienone is 1. The molecule has 0 saturated carbocycles. The van der Waals surface area contributed by atoms with Crippen LogP contribution in [0.5, 0.6) is 11.5 Å². The van der Waals surface area contributed by atoms with E-state index >= 15 is 0 Å². The molecule has 1 aliphatic heterocycles. The summed E-state index contributed by atoms with van der Waals surface area (Å²) in [6.07, 6.45) is 0.665. The highest BCUT2D eigenvalue weighted by atomic mass is 16.8. The molecule has 28 heavy (non-hydrogen) atoms. The maximum Gasteiger partial charge on any atom is 0.347 e. The lowest BCUT2D eigenvalue weighted by atomic mass is 10.1. The summed E-state index contributed by atoms with van der Waals surface area (Å²) in [5.74, 6) is -0.0885. The Morgan fingerprint density at radius 1 is 1.32 bits per heavy atom. The molecular formula is C20H18NO7-. The first-order valence-electron chi connectivity index (χ1n) is 8.57. The van der Waals surface area contributed by atoms with Crippen molar-refractivity contribution in [1.82, 2.24) is 0 Å². The Morgan fingerprint density at radius 3 is 2.82 bits per heavy atom. The van der Waals surface area contributed by atoms with Crippen LogP contribution >= 0.6 is 0 Å². The first kappa shape index (κ1) is 19.4. The van der Waals surface area contributed by atoms with Crippen LogP contribution in [-0.2, 0) is 9.53 Å². The van der Waals surface area contributed by atoms with Crippen molar-refractivity contribution in [3.63, 3.8) is 0 Å². The van der Waals surface area contributed by atoms with Gasteiger partial charge in [0.1, 0.15) is 11.5 Å². The summed E-state index contributed by atoms with van der Waals surface area (Å²) >= 11 is 0. The summed E-state index contributed by atoms with van der Waals surface area (Å²) in [4.78, 5) is 24.2. The number of carbonyl (C=O) groups excluding carboxylic acids is 2. The minimum atomic E-state index is -0.804. The minimum absolute atomic E-state index is 0.0287. The van der Waals surface area contributed by atoms with Crippen molar-refractivity contribution in [2.45, 2.75) is 20.0 Å². The van der Waals surface area contributed by atoms with Gasteiger partial charge in [-0.1, -0.05) is 12.1 Å². The van der Waals surface area contributed by atoms with E-state index in [0.29, 0.717) is 22.6 Å². The smallest absolute Gasteiger partial charge is 0.347 e. The van der Waals surface area contributed by atoms with Gasteiger partial charge in [-0.15, -0.1) is 0 Å². The number of ether oxygens (including phenoxy) is 3. The molecule has 1 unspecified atom stereocenters. The molecular weight excluding hydrogens is 366 g/mol. The first-order valence-corrected chi connectivity index (χ1v) is 8.57. The monoisotopic (exact) mass is 384 g/mol. The molecule has 0 fully saturated rings. The van der Waals surface area contributed by atoms with Crippen molar-refractivity contribution < 1.29 is 29.0 Å². The van der Waals surface area contributed by atoms with Gasteiger partial charge in [-0.3, -0.25) is 10.0 Å². The van der Waals surface area contributed by atoms with E-state index in [1.165, 1.54) is 24.3 Å². The van der Waals surface area contributed by atoms with Crippen LogP contribution in [0.25, 0.3) is 6.08 Å². The highest BCUT2D eigenvalue weighted by molar-refractivity contribution is 6.14. The number of esters is 1. The minimum Gasteiger partial charge on any atom is -0.733 e. The van der Waals surface area contributed by atoms with Crippen molar-refractivity contribution in [1.29, 1.82) is 0 Å². The molecule has 1 aliphatic rings. The first-order chi connectivity index (χ1) is 13.4. The van der Waals surface area contributed by atoms with Gasteiger partial charge in [0, 0.05) is 6.07 Å². The molecule has 0 aromatic heterocycles. The van der Waals surface area contributed by atoms with E-state index in [-0.39, 0.29) is 29.1 Å². The molecule has 0 spiro atoms. The SMILES string of the molecule is CCOC(=O)C(C)Oc1ccc2c(c1)OC(=Cc1cccc(N([O-])O)c1)C2=O. The second-order valence-electron chi connectivity index (χ2n) is 5.98. The standard InChI is InChI=1S/C20H18NO7/c1-3-26-20(23)12(2)27-15-7-8-16-17(11-15)28-18(19(16)22)10-13-5-4-6-14(9-13)21(24)25/h4-12,24H,3H2,1-2H3/q-1. The van der Waals surface area contributed by atoms with E-state index < -0.39 is 12.1 Å². The number of hydrogen-bond donors (Lipinski definition) is 1. The van der Waals surface area contributed by atoms with Gasteiger partial charge in [-0.2, -0.15) is 0 Å². The summed E-state index contributed by atoms with van der Waals surface area (Å²) in [5.41, 5.74) is 0.892. The van der Waals surface area contributed by atoms with Gasteiger partial charge in [0.05, 0.1) is 17.9 Å².